The molecule has 0 spiro atoms. The molecule has 1 N–H and O–H groups in total. The molecule has 17 heavy (non-hydrogen) atoms. The number of hydrogen-bond acceptors (Lipinski definition) is 4. The molecule has 0 amide bonds. The maximum atomic E-state index is 8.91. The van der Waals surface area contributed by atoms with Crippen LogP contribution < -0.4 is 5.32 Å². The second-order valence-corrected chi connectivity index (χ2v) is 3.73. The summed E-state index contributed by atoms with van der Waals surface area (Å²) in [5.41, 5.74) is 2.56. The largest absolute Gasteiger partial charge is 0.382 e. The standard InChI is InChI=1S/C12H13N5/c1-17-9-10(7-16-17)2-5-15-12-8-14-4-3-11(12)6-13/h3-4,7-9,15H,2,5H2,1H3. The summed E-state index contributed by atoms with van der Waals surface area (Å²) < 4.78 is 1.78. The van der Waals surface area contributed by atoms with Crippen LogP contribution in [0.4, 0.5) is 5.69 Å². The van der Waals surface area contributed by atoms with Crippen LogP contribution in [0.3, 0.4) is 0 Å². The molecule has 0 aliphatic rings. The molecule has 2 heterocycles. The van der Waals surface area contributed by atoms with Gasteiger partial charge in [-0.05, 0) is 18.1 Å². The lowest BCUT2D eigenvalue weighted by Crippen LogP contribution is -2.06. The number of nitrogens with zero attached hydrogens (tertiary/aromatic N) is 4. The summed E-state index contributed by atoms with van der Waals surface area (Å²) in [5.74, 6) is 0. The molecule has 5 nitrogen and oxygen atoms in total. The third-order valence-electron chi connectivity index (χ3n) is 2.43. The van der Waals surface area contributed by atoms with Crippen LogP contribution in [-0.2, 0) is 13.5 Å². The number of nitrogens with one attached hydrogen (secondary N) is 1. The van der Waals surface area contributed by atoms with E-state index in [4.69, 9.17) is 5.26 Å². The zero-order chi connectivity index (χ0) is 12.1. The highest BCUT2D eigenvalue weighted by Crippen LogP contribution is 2.11. The monoisotopic (exact) mass is 227 g/mol. The van der Waals surface area contributed by atoms with Crippen molar-refractivity contribution < 1.29 is 0 Å². The van der Waals surface area contributed by atoms with E-state index in [1.807, 2.05) is 19.4 Å². The Labute approximate surface area is 99.7 Å². The third-order valence-corrected chi connectivity index (χ3v) is 2.43. The Balaban J connectivity index is 1.92. The minimum atomic E-state index is 0.617. The second-order valence-electron chi connectivity index (χ2n) is 3.73. The molecule has 0 saturated heterocycles. The van der Waals surface area contributed by atoms with Gasteiger partial charge in [-0.2, -0.15) is 10.4 Å². The van der Waals surface area contributed by atoms with Crippen molar-refractivity contribution in [3.8, 4) is 6.07 Å². The van der Waals surface area contributed by atoms with E-state index in [0.717, 1.165) is 18.7 Å². The van der Waals surface area contributed by atoms with Gasteiger partial charge in [-0.1, -0.05) is 0 Å². The van der Waals surface area contributed by atoms with Crippen molar-refractivity contribution in [3.63, 3.8) is 0 Å². The van der Waals surface area contributed by atoms with Crippen LogP contribution in [-0.4, -0.2) is 21.3 Å². The summed E-state index contributed by atoms with van der Waals surface area (Å²) in [5, 5.41) is 16.2. The van der Waals surface area contributed by atoms with Gasteiger partial charge in [0.1, 0.15) is 6.07 Å². The SMILES string of the molecule is Cn1cc(CCNc2cnccc2C#N)cn1. The Hall–Kier alpha value is -2.35. The van der Waals surface area contributed by atoms with Gasteiger partial charge in [-0.15, -0.1) is 0 Å². The van der Waals surface area contributed by atoms with Crippen LogP contribution in [0.2, 0.25) is 0 Å². The van der Waals surface area contributed by atoms with E-state index in [2.05, 4.69) is 21.5 Å². The van der Waals surface area contributed by atoms with E-state index in [1.165, 1.54) is 5.56 Å². The van der Waals surface area contributed by atoms with E-state index in [-0.39, 0.29) is 0 Å². The number of nitriles is 1. The molecule has 0 aliphatic heterocycles. The van der Waals surface area contributed by atoms with Crippen molar-refractivity contribution in [2.45, 2.75) is 6.42 Å². The van der Waals surface area contributed by atoms with E-state index in [9.17, 15) is 0 Å². The van der Waals surface area contributed by atoms with Gasteiger partial charge in [0, 0.05) is 26.0 Å². The fraction of sp³-hybridized carbons (Fsp3) is 0.250. The Morgan fingerprint density at radius 3 is 3.06 bits per heavy atom. The molecule has 0 bridgehead atoms. The smallest absolute Gasteiger partial charge is 0.101 e. The first-order valence-electron chi connectivity index (χ1n) is 5.35. The summed E-state index contributed by atoms with van der Waals surface area (Å²) >= 11 is 0. The third kappa shape index (κ3) is 2.82. The number of aromatic nitrogens is 3. The van der Waals surface area contributed by atoms with Crippen LogP contribution in [0, 0.1) is 11.3 Å². The highest BCUT2D eigenvalue weighted by atomic mass is 15.2. The quantitative estimate of drug-likeness (QED) is 0.856. The van der Waals surface area contributed by atoms with Gasteiger partial charge in [0.25, 0.3) is 0 Å². The van der Waals surface area contributed by atoms with Crippen molar-refractivity contribution in [1.29, 1.82) is 5.26 Å². The van der Waals surface area contributed by atoms with Crippen molar-refractivity contribution >= 4 is 5.69 Å². The Morgan fingerprint density at radius 1 is 1.47 bits per heavy atom. The fourth-order valence-corrected chi connectivity index (χ4v) is 1.58. The first-order chi connectivity index (χ1) is 8.29. The minimum absolute atomic E-state index is 0.617. The van der Waals surface area contributed by atoms with Crippen LogP contribution >= 0.6 is 0 Å². The molecule has 2 aromatic heterocycles. The van der Waals surface area contributed by atoms with Gasteiger partial charge in [0.2, 0.25) is 0 Å². The molecular formula is C12H13N5. The van der Waals surface area contributed by atoms with Gasteiger partial charge in [-0.3, -0.25) is 9.67 Å². The van der Waals surface area contributed by atoms with Crippen LogP contribution in [0.1, 0.15) is 11.1 Å². The van der Waals surface area contributed by atoms with Gasteiger partial charge in [-0.25, -0.2) is 0 Å². The predicted octanol–water partition coefficient (Wildman–Crippen LogP) is 1.34. The second kappa shape index (κ2) is 5.12. The first-order valence-corrected chi connectivity index (χ1v) is 5.35. The molecule has 2 aromatic rings. The zero-order valence-electron chi connectivity index (χ0n) is 9.59. The lowest BCUT2D eigenvalue weighted by molar-refractivity contribution is 0.767. The van der Waals surface area contributed by atoms with Crippen LogP contribution in [0.5, 0.6) is 0 Å². The molecule has 0 fully saturated rings. The molecule has 2 rings (SSSR count). The van der Waals surface area contributed by atoms with Crippen molar-refractivity contribution in [2.24, 2.45) is 7.05 Å². The number of pyridine rings is 1. The Kier molecular flexibility index (Phi) is 3.36. The molecule has 0 aliphatic carbocycles. The number of rotatable bonds is 4. The molecular weight excluding hydrogens is 214 g/mol. The average Bonchev–Trinajstić information content (AvgIpc) is 2.76. The van der Waals surface area contributed by atoms with E-state index < -0.39 is 0 Å². The predicted molar refractivity (Wildman–Crippen MR) is 64.4 cm³/mol. The highest BCUT2D eigenvalue weighted by molar-refractivity contribution is 5.55. The Morgan fingerprint density at radius 2 is 2.35 bits per heavy atom. The highest BCUT2D eigenvalue weighted by Gasteiger charge is 2.01. The molecule has 86 valence electrons. The van der Waals surface area contributed by atoms with Gasteiger partial charge in [0.05, 0.1) is 23.6 Å². The van der Waals surface area contributed by atoms with Crippen LogP contribution in [0.25, 0.3) is 0 Å². The number of aryl methyl sites for hydroxylation is 1. The van der Waals surface area contributed by atoms with Crippen LogP contribution in [0.15, 0.2) is 30.9 Å². The van der Waals surface area contributed by atoms with Gasteiger partial charge in [0.15, 0.2) is 0 Å². The molecule has 0 saturated carbocycles. The topological polar surface area (TPSA) is 66.5 Å². The number of hydrogen-bond donors (Lipinski definition) is 1. The summed E-state index contributed by atoms with van der Waals surface area (Å²) in [4.78, 5) is 3.99. The van der Waals surface area contributed by atoms with E-state index in [1.54, 1.807) is 23.1 Å². The molecule has 0 unspecified atom stereocenters. The maximum absolute atomic E-state index is 8.91. The summed E-state index contributed by atoms with van der Waals surface area (Å²) in [6, 6.07) is 3.83. The molecule has 0 atom stereocenters. The molecule has 5 heteroatoms. The summed E-state index contributed by atoms with van der Waals surface area (Å²) in [6.45, 7) is 0.756. The lowest BCUT2D eigenvalue weighted by Gasteiger charge is -2.05. The number of anilines is 1. The maximum Gasteiger partial charge on any atom is 0.101 e. The van der Waals surface area contributed by atoms with E-state index in [0.29, 0.717) is 5.56 Å². The summed E-state index contributed by atoms with van der Waals surface area (Å²) in [6.07, 6.45) is 7.98. The Bertz CT molecular complexity index is 538. The van der Waals surface area contributed by atoms with E-state index >= 15 is 0 Å². The lowest BCUT2D eigenvalue weighted by atomic mass is 10.2. The first kappa shape index (κ1) is 11.1. The average molecular weight is 227 g/mol. The van der Waals surface area contributed by atoms with Crippen molar-refractivity contribution in [2.75, 3.05) is 11.9 Å². The van der Waals surface area contributed by atoms with Crippen molar-refractivity contribution in [3.05, 3.63) is 42.0 Å². The minimum Gasteiger partial charge on any atom is -0.382 e. The fourth-order valence-electron chi connectivity index (χ4n) is 1.58. The zero-order valence-corrected chi connectivity index (χ0v) is 9.59. The molecule has 0 aromatic carbocycles. The van der Waals surface area contributed by atoms with Gasteiger partial charge >= 0.3 is 0 Å². The van der Waals surface area contributed by atoms with Gasteiger partial charge < -0.3 is 5.32 Å². The molecule has 0 radical (unpaired) electrons. The normalized spacial score (nSPS) is 9.88. The summed E-state index contributed by atoms with van der Waals surface area (Å²) in [7, 11) is 1.89. The van der Waals surface area contributed by atoms with Crippen molar-refractivity contribution in [1.82, 2.24) is 14.8 Å².